The van der Waals surface area contributed by atoms with E-state index in [1.165, 1.54) is 0 Å². The Hall–Kier alpha value is -1.77. The summed E-state index contributed by atoms with van der Waals surface area (Å²) in [5.74, 6) is 0.826. The molecule has 8 heteroatoms. The molecule has 1 aliphatic heterocycles. The molecule has 1 N–H and O–H groups in total. The summed E-state index contributed by atoms with van der Waals surface area (Å²) in [5.41, 5.74) is 0. The molecule has 1 amide bonds. The second kappa shape index (κ2) is 7.20. The largest absolute Gasteiger partial charge is 0.368 e. The van der Waals surface area contributed by atoms with E-state index in [9.17, 15) is 4.79 Å². The summed E-state index contributed by atoms with van der Waals surface area (Å²) in [4.78, 5) is 15.5. The van der Waals surface area contributed by atoms with Gasteiger partial charge in [-0.25, -0.2) is 0 Å². The number of carbonyl (C=O) groups is 1. The van der Waals surface area contributed by atoms with Crippen molar-refractivity contribution in [3.63, 3.8) is 0 Å². The molecule has 0 bridgehead atoms. The van der Waals surface area contributed by atoms with E-state index in [0.29, 0.717) is 19.7 Å². The summed E-state index contributed by atoms with van der Waals surface area (Å²) in [7, 11) is 1.90. The number of amides is 1. The van der Waals surface area contributed by atoms with Crippen LogP contribution in [0.15, 0.2) is 23.8 Å². The van der Waals surface area contributed by atoms with Crippen LogP contribution in [0.2, 0.25) is 0 Å². The fraction of sp³-hybridized carbons (Fsp3) is 0.533. The highest BCUT2D eigenvalue weighted by Gasteiger charge is 2.26. The Morgan fingerprint density at radius 2 is 2.48 bits per heavy atom. The lowest BCUT2D eigenvalue weighted by atomic mass is 10.2. The summed E-state index contributed by atoms with van der Waals surface area (Å²) in [6, 6.07) is 4.07. The van der Waals surface area contributed by atoms with Gasteiger partial charge in [0, 0.05) is 25.0 Å². The molecule has 0 aliphatic carbocycles. The smallest absolute Gasteiger partial charge is 0.234 e. The number of nitrogens with one attached hydrogen (secondary N) is 1. The highest BCUT2D eigenvalue weighted by Crippen LogP contribution is 2.20. The number of carbonyl (C=O) groups excluding carboxylic acids is 1. The van der Waals surface area contributed by atoms with E-state index in [4.69, 9.17) is 4.74 Å². The summed E-state index contributed by atoms with van der Waals surface area (Å²) >= 11 is 1.65. The van der Waals surface area contributed by atoms with Gasteiger partial charge in [0.2, 0.25) is 5.91 Å². The van der Waals surface area contributed by atoms with Gasteiger partial charge in [-0.1, -0.05) is 6.07 Å². The first kappa shape index (κ1) is 16.1. The summed E-state index contributed by atoms with van der Waals surface area (Å²) in [5, 5.41) is 13.1. The first-order valence-electron chi connectivity index (χ1n) is 7.64. The average molecular weight is 335 g/mol. The van der Waals surface area contributed by atoms with Crippen molar-refractivity contribution < 1.29 is 9.53 Å². The lowest BCUT2D eigenvalue weighted by Crippen LogP contribution is -2.45. The molecule has 2 aromatic heterocycles. The number of rotatable bonds is 5. The van der Waals surface area contributed by atoms with Gasteiger partial charge in [0.25, 0.3) is 0 Å². The maximum Gasteiger partial charge on any atom is 0.234 e. The van der Waals surface area contributed by atoms with Crippen LogP contribution in [0.5, 0.6) is 0 Å². The molecule has 124 valence electrons. The number of morpholine rings is 1. The Morgan fingerprint density at radius 1 is 1.61 bits per heavy atom. The van der Waals surface area contributed by atoms with Gasteiger partial charge in [0.15, 0.2) is 5.82 Å². The Morgan fingerprint density at radius 3 is 3.17 bits per heavy atom. The molecule has 23 heavy (non-hydrogen) atoms. The van der Waals surface area contributed by atoms with E-state index < -0.39 is 0 Å². The van der Waals surface area contributed by atoms with Gasteiger partial charge in [-0.05, 0) is 18.4 Å². The van der Waals surface area contributed by atoms with Crippen LogP contribution in [0.1, 0.15) is 29.8 Å². The monoisotopic (exact) mass is 335 g/mol. The fourth-order valence-corrected chi connectivity index (χ4v) is 3.42. The molecule has 2 atom stereocenters. The molecular weight excluding hydrogens is 314 g/mol. The molecule has 3 rings (SSSR count). The molecule has 1 saturated heterocycles. The average Bonchev–Trinajstić information content (AvgIpc) is 3.18. The van der Waals surface area contributed by atoms with E-state index >= 15 is 0 Å². The van der Waals surface area contributed by atoms with Crippen molar-refractivity contribution in [2.24, 2.45) is 7.05 Å². The van der Waals surface area contributed by atoms with Gasteiger partial charge < -0.3 is 14.6 Å². The third-order valence-electron chi connectivity index (χ3n) is 3.90. The highest BCUT2D eigenvalue weighted by atomic mass is 32.1. The first-order valence-corrected chi connectivity index (χ1v) is 8.52. The van der Waals surface area contributed by atoms with Gasteiger partial charge in [-0.2, -0.15) is 0 Å². The molecule has 0 radical (unpaired) electrons. The zero-order valence-corrected chi connectivity index (χ0v) is 14.1. The minimum atomic E-state index is -0.140. The Bertz CT molecular complexity index is 642. The van der Waals surface area contributed by atoms with Crippen LogP contribution in [0.25, 0.3) is 0 Å². The molecule has 2 aromatic rings. The van der Waals surface area contributed by atoms with Crippen LogP contribution < -0.4 is 5.32 Å². The summed E-state index contributed by atoms with van der Waals surface area (Å²) in [6.45, 7) is 4.35. The van der Waals surface area contributed by atoms with Crippen LogP contribution in [0.3, 0.4) is 0 Å². The third-order valence-corrected chi connectivity index (χ3v) is 4.95. The van der Waals surface area contributed by atoms with Crippen LogP contribution in [0, 0.1) is 0 Å². The lowest BCUT2D eigenvalue weighted by Gasteiger charge is -2.32. The van der Waals surface area contributed by atoms with Crippen molar-refractivity contribution in [1.82, 2.24) is 25.0 Å². The number of aromatic nitrogens is 3. The lowest BCUT2D eigenvalue weighted by molar-refractivity contribution is -0.125. The zero-order chi connectivity index (χ0) is 16.2. The van der Waals surface area contributed by atoms with Crippen molar-refractivity contribution in [2.75, 3.05) is 26.2 Å². The topological polar surface area (TPSA) is 72.3 Å². The third kappa shape index (κ3) is 3.95. The van der Waals surface area contributed by atoms with E-state index in [1.54, 1.807) is 17.7 Å². The SMILES string of the molecule is C[C@@H](NC(=O)CN1CCO[C@H](c2nncn2C)C1)c1cccs1. The van der Waals surface area contributed by atoms with Crippen molar-refractivity contribution in [3.8, 4) is 0 Å². The molecule has 1 fully saturated rings. The molecule has 0 aromatic carbocycles. The van der Waals surface area contributed by atoms with Crippen LogP contribution in [-0.4, -0.2) is 51.8 Å². The van der Waals surface area contributed by atoms with Gasteiger partial charge >= 0.3 is 0 Å². The molecule has 1 aliphatic rings. The number of hydrogen-bond acceptors (Lipinski definition) is 6. The molecule has 0 spiro atoms. The summed E-state index contributed by atoms with van der Waals surface area (Å²) in [6.07, 6.45) is 1.52. The van der Waals surface area contributed by atoms with Gasteiger partial charge in [-0.15, -0.1) is 21.5 Å². The van der Waals surface area contributed by atoms with Crippen molar-refractivity contribution in [1.29, 1.82) is 0 Å². The van der Waals surface area contributed by atoms with Gasteiger partial charge in [-0.3, -0.25) is 9.69 Å². The van der Waals surface area contributed by atoms with E-state index in [-0.39, 0.29) is 18.1 Å². The maximum atomic E-state index is 12.3. The minimum absolute atomic E-state index is 0.0320. The standard InChI is InChI=1S/C15H21N5O2S/c1-11(13-4-3-7-23-13)17-14(21)9-20-5-6-22-12(8-20)15-18-16-10-19(15)2/h3-4,7,10-12H,5-6,8-9H2,1-2H3,(H,17,21)/t11-,12+/m1/s1. The minimum Gasteiger partial charge on any atom is -0.368 e. The number of aryl methyl sites for hydroxylation is 1. The number of nitrogens with zero attached hydrogens (tertiary/aromatic N) is 4. The van der Waals surface area contributed by atoms with Crippen molar-refractivity contribution in [3.05, 3.63) is 34.5 Å². The van der Waals surface area contributed by atoms with Crippen molar-refractivity contribution >= 4 is 17.2 Å². The predicted octanol–water partition coefficient (Wildman–Crippen LogP) is 1.13. The normalized spacial score (nSPS) is 20.3. The maximum absolute atomic E-state index is 12.3. The van der Waals surface area contributed by atoms with E-state index in [2.05, 4.69) is 20.4 Å². The summed E-state index contributed by atoms with van der Waals surface area (Å²) < 4.78 is 7.61. The molecule has 3 heterocycles. The van der Waals surface area contributed by atoms with Gasteiger partial charge in [0.05, 0.1) is 19.2 Å². The molecule has 0 unspecified atom stereocenters. The van der Waals surface area contributed by atoms with Crippen LogP contribution in [0.4, 0.5) is 0 Å². The zero-order valence-electron chi connectivity index (χ0n) is 13.3. The van der Waals surface area contributed by atoms with Crippen molar-refractivity contribution in [2.45, 2.75) is 19.1 Å². The second-order valence-corrected chi connectivity index (χ2v) is 6.68. The van der Waals surface area contributed by atoms with E-state index in [1.807, 2.05) is 36.1 Å². The first-order chi connectivity index (χ1) is 11.1. The molecular formula is C15H21N5O2S. The second-order valence-electron chi connectivity index (χ2n) is 5.70. The van der Waals surface area contributed by atoms with E-state index in [0.717, 1.165) is 17.2 Å². The Labute approximate surface area is 139 Å². The number of hydrogen-bond donors (Lipinski definition) is 1. The number of ether oxygens (including phenoxy) is 1. The molecule has 7 nitrogen and oxygen atoms in total. The quantitative estimate of drug-likeness (QED) is 0.887. The Kier molecular flexibility index (Phi) is 5.04. The van der Waals surface area contributed by atoms with Crippen LogP contribution >= 0.6 is 11.3 Å². The van der Waals surface area contributed by atoms with Gasteiger partial charge in [0.1, 0.15) is 12.4 Å². The Balaban J connectivity index is 1.53. The van der Waals surface area contributed by atoms with Crippen LogP contribution in [-0.2, 0) is 16.6 Å². The predicted molar refractivity (Wildman–Crippen MR) is 87.0 cm³/mol. The number of thiophene rings is 1. The molecule has 0 saturated carbocycles. The fourth-order valence-electron chi connectivity index (χ4n) is 2.69. The highest BCUT2D eigenvalue weighted by molar-refractivity contribution is 7.10.